The number of hydrogen-bond acceptors (Lipinski definition) is 2. The minimum absolute atomic E-state index is 0.0922. The van der Waals surface area contributed by atoms with Crippen molar-refractivity contribution in [2.45, 2.75) is 78.1 Å². The Kier molecular flexibility index (Phi) is 6.21. The molecule has 3 nitrogen and oxygen atoms in total. The van der Waals surface area contributed by atoms with Gasteiger partial charge in [0.25, 0.3) is 0 Å². The fourth-order valence-electron chi connectivity index (χ4n) is 3.46. The Hall–Kier alpha value is -1.77. The summed E-state index contributed by atoms with van der Waals surface area (Å²) in [6.07, 6.45) is 8.22. The summed E-state index contributed by atoms with van der Waals surface area (Å²) in [5, 5.41) is 10.8. The number of hydrogen-bond donors (Lipinski definition) is 1. The zero-order chi connectivity index (χ0) is 19.5. The quantitative estimate of drug-likeness (QED) is 0.720. The Balaban J connectivity index is 2.35. The third-order valence-electron chi connectivity index (χ3n) is 5.08. The third kappa shape index (κ3) is 5.12. The van der Waals surface area contributed by atoms with Gasteiger partial charge in [-0.3, -0.25) is 4.79 Å². The van der Waals surface area contributed by atoms with Crippen molar-refractivity contribution in [3.8, 4) is 5.75 Å². The number of phenols is 1. The first-order chi connectivity index (χ1) is 12.0. The first-order valence-electron chi connectivity index (χ1n) is 9.85. The zero-order valence-corrected chi connectivity index (χ0v) is 17.4. The lowest BCUT2D eigenvalue weighted by Crippen LogP contribution is -2.30. The summed E-state index contributed by atoms with van der Waals surface area (Å²) in [4.78, 5) is 14.5. The Labute approximate surface area is 159 Å². The molecule has 1 saturated heterocycles. The normalized spacial score (nSPS) is 16.8. The second kappa shape index (κ2) is 7.85. The molecular formula is C23H35NO2. The standard InChI is InChI=1S/C23H35NO2/c1-22(2,3)18-15-17(16-19(21(18)26)23(4,5)6)11-12-20(25)24-13-9-7-8-10-14-24/h11-12,15-16,26H,7-10,13-14H2,1-6H3/b12-11+. The molecule has 1 aliphatic rings. The number of carbonyl (C=O) groups is 1. The molecule has 0 saturated carbocycles. The molecular weight excluding hydrogens is 322 g/mol. The monoisotopic (exact) mass is 357 g/mol. The van der Waals surface area contributed by atoms with E-state index in [9.17, 15) is 9.90 Å². The highest BCUT2D eigenvalue weighted by molar-refractivity contribution is 5.92. The summed E-state index contributed by atoms with van der Waals surface area (Å²) in [6.45, 7) is 14.3. The highest BCUT2D eigenvalue weighted by Gasteiger charge is 2.26. The van der Waals surface area contributed by atoms with Gasteiger partial charge in [0.15, 0.2) is 0 Å². The number of benzene rings is 1. The number of carbonyl (C=O) groups excluding carboxylic acids is 1. The average molecular weight is 358 g/mol. The zero-order valence-electron chi connectivity index (χ0n) is 17.4. The summed E-state index contributed by atoms with van der Waals surface area (Å²) in [5.74, 6) is 0.468. The molecule has 1 heterocycles. The molecule has 26 heavy (non-hydrogen) atoms. The van der Waals surface area contributed by atoms with E-state index in [0.717, 1.165) is 42.6 Å². The molecule has 2 rings (SSSR count). The highest BCUT2D eigenvalue weighted by atomic mass is 16.3. The largest absolute Gasteiger partial charge is 0.507 e. The molecule has 0 aliphatic carbocycles. The Morgan fingerprint density at radius 3 is 1.81 bits per heavy atom. The Morgan fingerprint density at radius 2 is 1.38 bits per heavy atom. The van der Waals surface area contributed by atoms with Crippen molar-refractivity contribution < 1.29 is 9.90 Å². The van der Waals surface area contributed by atoms with E-state index in [-0.39, 0.29) is 16.7 Å². The van der Waals surface area contributed by atoms with Crippen LogP contribution in [0.15, 0.2) is 18.2 Å². The van der Waals surface area contributed by atoms with Crippen LogP contribution >= 0.6 is 0 Å². The molecule has 1 amide bonds. The van der Waals surface area contributed by atoms with Crippen molar-refractivity contribution in [3.63, 3.8) is 0 Å². The molecule has 1 aliphatic heterocycles. The number of rotatable bonds is 2. The van der Waals surface area contributed by atoms with E-state index in [2.05, 4.69) is 41.5 Å². The summed E-state index contributed by atoms with van der Waals surface area (Å²) < 4.78 is 0. The van der Waals surface area contributed by atoms with Crippen molar-refractivity contribution in [2.24, 2.45) is 0 Å². The van der Waals surface area contributed by atoms with Gasteiger partial charge < -0.3 is 10.0 Å². The van der Waals surface area contributed by atoms with E-state index in [1.165, 1.54) is 12.8 Å². The highest BCUT2D eigenvalue weighted by Crippen LogP contribution is 2.40. The average Bonchev–Trinajstić information content (AvgIpc) is 2.80. The van der Waals surface area contributed by atoms with E-state index < -0.39 is 0 Å². The molecule has 0 bridgehead atoms. The third-order valence-corrected chi connectivity index (χ3v) is 5.08. The first-order valence-corrected chi connectivity index (χ1v) is 9.85. The lowest BCUT2D eigenvalue weighted by Gasteiger charge is -2.28. The Bertz CT molecular complexity index is 631. The smallest absolute Gasteiger partial charge is 0.246 e. The van der Waals surface area contributed by atoms with Crippen molar-refractivity contribution >= 4 is 12.0 Å². The van der Waals surface area contributed by atoms with Gasteiger partial charge >= 0.3 is 0 Å². The maximum Gasteiger partial charge on any atom is 0.246 e. The minimum Gasteiger partial charge on any atom is -0.507 e. The van der Waals surface area contributed by atoms with E-state index in [1.54, 1.807) is 6.08 Å². The van der Waals surface area contributed by atoms with Crippen LogP contribution in [0.1, 0.15) is 83.9 Å². The van der Waals surface area contributed by atoms with Gasteiger partial charge in [0.1, 0.15) is 5.75 Å². The second-order valence-electron chi connectivity index (χ2n) is 9.54. The van der Waals surface area contributed by atoms with Crippen LogP contribution < -0.4 is 0 Å². The summed E-state index contributed by atoms with van der Waals surface area (Å²) in [7, 11) is 0. The predicted molar refractivity (Wildman–Crippen MR) is 110 cm³/mol. The number of likely N-dealkylation sites (tertiary alicyclic amines) is 1. The molecule has 1 aromatic carbocycles. The van der Waals surface area contributed by atoms with Crippen molar-refractivity contribution in [1.29, 1.82) is 0 Å². The van der Waals surface area contributed by atoms with Gasteiger partial charge in [-0.15, -0.1) is 0 Å². The summed E-state index contributed by atoms with van der Waals surface area (Å²) >= 11 is 0. The van der Waals surface area contributed by atoms with Crippen LogP contribution in [0.4, 0.5) is 0 Å². The Morgan fingerprint density at radius 1 is 0.923 bits per heavy atom. The van der Waals surface area contributed by atoms with Crippen LogP contribution in [0.2, 0.25) is 0 Å². The van der Waals surface area contributed by atoms with Crippen LogP contribution in [0.5, 0.6) is 5.75 Å². The lowest BCUT2D eigenvalue weighted by molar-refractivity contribution is -0.125. The van der Waals surface area contributed by atoms with Gasteiger partial charge in [-0.2, -0.15) is 0 Å². The fourth-order valence-corrected chi connectivity index (χ4v) is 3.46. The van der Waals surface area contributed by atoms with Crippen molar-refractivity contribution in [2.75, 3.05) is 13.1 Å². The maximum atomic E-state index is 12.5. The van der Waals surface area contributed by atoms with E-state index in [1.807, 2.05) is 23.1 Å². The van der Waals surface area contributed by atoms with Gasteiger partial charge in [0.05, 0.1) is 0 Å². The molecule has 0 spiro atoms. The number of amides is 1. The van der Waals surface area contributed by atoms with Crippen LogP contribution in [0.25, 0.3) is 6.08 Å². The fraction of sp³-hybridized carbons (Fsp3) is 0.609. The summed E-state index contributed by atoms with van der Waals surface area (Å²) in [6, 6.07) is 4.02. The second-order valence-corrected chi connectivity index (χ2v) is 9.54. The lowest BCUT2D eigenvalue weighted by atomic mass is 9.78. The van der Waals surface area contributed by atoms with E-state index in [0.29, 0.717) is 5.75 Å². The molecule has 144 valence electrons. The number of phenolic OH excluding ortho intramolecular Hbond substituents is 1. The summed E-state index contributed by atoms with van der Waals surface area (Å²) in [5.41, 5.74) is 2.49. The molecule has 1 aromatic rings. The predicted octanol–water partition coefficient (Wildman–Crippen LogP) is 5.40. The van der Waals surface area contributed by atoms with E-state index in [4.69, 9.17) is 0 Å². The van der Waals surface area contributed by atoms with Crippen molar-refractivity contribution in [1.82, 2.24) is 4.90 Å². The van der Waals surface area contributed by atoms with Crippen LogP contribution in [-0.2, 0) is 15.6 Å². The molecule has 1 fully saturated rings. The molecule has 0 atom stereocenters. The molecule has 0 unspecified atom stereocenters. The molecule has 1 N–H and O–H groups in total. The van der Waals surface area contributed by atoms with E-state index >= 15 is 0 Å². The van der Waals surface area contributed by atoms with Gasteiger partial charge in [0, 0.05) is 30.3 Å². The maximum absolute atomic E-state index is 12.5. The minimum atomic E-state index is -0.164. The first kappa shape index (κ1) is 20.5. The van der Waals surface area contributed by atoms with Gasteiger partial charge in [-0.05, 0) is 47.4 Å². The van der Waals surface area contributed by atoms with Gasteiger partial charge in [-0.1, -0.05) is 54.4 Å². The SMILES string of the molecule is CC(C)(C)c1cc(/C=C/C(=O)N2CCCCCC2)cc(C(C)(C)C)c1O. The number of aromatic hydroxyl groups is 1. The van der Waals surface area contributed by atoms with Gasteiger partial charge in [-0.25, -0.2) is 0 Å². The van der Waals surface area contributed by atoms with Crippen LogP contribution in [-0.4, -0.2) is 29.0 Å². The topological polar surface area (TPSA) is 40.5 Å². The molecule has 0 radical (unpaired) electrons. The molecule has 3 heteroatoms. The van der Waals surface area contributed by atoms with Crippen molar-refractivity contribution in [3.05, 3.63) is 34.9 Å². The van der Waals surface area contributed by atoms with Gasteiger partial charge in [0.2, 0.25) is 5.91 Å². The number of nitrogens with zero attached hydrogens (tertiary/aromatic N) is 1. The van der Waals surface area contributed by atoms with Crippen LogP contribution in [0, 0.1) is 0 Å². The van der Waals surface area contributed by atoms with Crippen LogP contribution in [0.3, 0.4) is 0 Å². The molecule has 0 aromatic heterocycles.